The number of carbonyl (C=O) groups is 1. The molecule has 0 bridgehead atoms. The third-order valence-corrected chi connectivity index (χ3v) is 4.20. The van der Waals surface area contributed by atoms with Crippen LogP contribution in [-0.4, -0.2) is 35.4 Å². The maximum atomic E-state index is 12.8. The van der Waals surface area contributed by atoms with Crippen molar-refractivity contribution in [3.05, 3.63) is 65.5 Å². The fourth-order valence-corrected chi connectivity index (χ4v) is 2.88. The van der Waals surface area contributed by atoms with Crippen molar-refractivity contribution in [2.75, 3.05) is 19.6 Å². The first kappa shape index (κ1) is 14.7. The number of nitrogens with one attached hydrogen (secondary N) is 1. The number of hydrogen-bond donors (Lipinski definition) is 1. The predicted molar refractivity (Wildman–Crippen MR) is 86.7 cm³/mol. The Morgan fingerprint density at radius 1 is 1.23 bits per heavy atom. The lowest BCUT2D eigenvalue weighted by Crippen LogP contribution is -2.48. The molecule has 1 aliphatic rings. The molecule has 114 valence electrons. The van der Waals surface area contributed by atoms with Gasteiger partial charge in [-0.2, -0.15) is 0 Å². The molecule has 1 amide bonds. The average Bonchev–Trinajstić information content (AvgIpc) is 2.62. The van der Waals surface area contributed by atoms with Gasteiger partial charge in [0.05, 0.1) is 6.04 Å². The van der Waals surface area contributed by atoms with Crippen molar-refractivity contribution in [2.45, 2.75) is 19.4 Å². The highest BCUT2D eigenvalue weighted by molar-refractivity contribution is 5.94. The number of aryl methyl sites for hydroxylation is 1. The lowest BCUT2D eigenvalue weighted by molar-refractivity contribution is 0.0634. The Bertz CT molecular complexity index is 625. The summed E-state index contributed by atoms with van der Waals surface area (Å²) in [6.07, 6.45) is 4.36. The molecule has 1 aliphatic heterocycles. The van der Waals surface area contributed by atoms with Gasteiger partial charge in [0.2, 0.25) is 0 Å². The van der Waals surface area contributed by atoms with Gasteiger partial charge in [0.1, 0.15) is 0 Å². The molecule has 2 heterocycles. The number of amides is 1. The van der Waals surface area contributed by atoms with Gasteiger partial charge in [-0.05, 0) is 29.7 Å². The van der Waals surface area contributed by atoms with Gasteiger partial charge in [0.15, 0.2) is 0 Å². The second kappa shape index (κ2) is 6.71. The summed E-state index contributed by atoms with van der Waals surface area (Å²) in [5.41, 5.74) is 3.21. The molecule has 2 aromatic rings. The maximum Gasteiger partial charge on any atom is 0.254 e. The van der Waals surface area contributed by atoms with Crippen LogP contribution < -0.4 is 5.32 Å². The Kier molecular flexibility index (Phi) is 4.49. The topological polar surface area (TPSA) is 45.2 Å². The zero-order valence-electron chi connectivity index (χ0n) is 12.8. The van der Waals surface area contributed by atoms with Gasteiger partial charge in [-0.3, -0.25) is 9.78 Å². The van der Waals surface area contributed by atoms with Crippen molar-refractivity contribution >= 4 is 5.91 Å². The van der Waals surface area contributed by atoms with E-state index < -0.39 is 0 Å². The van der Waals surface area contributed by atoms with Gasteiger partial charge < -0.3 is 10.2 Å². The summed E-state index contributed by atoms with van der Waals surface area (Å²) in [5, 5.41) is 3.39. The lowest BCUT2D eigenvalue weighted by Gasteiger charge is -2.36. The molecule has 0 spiro atoms. The zero-order chi connectivity index (χ0) is 15.4. The van der Waals surface area contributed by atoms with E-state index in [1.165, 1.54) is 11.1 Å². The molecule has 22 heavy (non-hydrogen) atoms. The molecule has 1 fully saturated rings. The maximum absolute atomic E-state index is 12.8. The Labute approximate surface area is 131 Å². The average molecular weight is 295 g/mol. The molecule has 1 aromatic heterocycles. The van der Waals surface area contributed by atoms with Crippen molar-refractivity contribution < 1.29 is 4.79 Å². The van der Waals surface area contributed by atoms with Crippen LogP contribution in [0, 0.1) is 0 Å². The largest absolute Gasteiger partial charge is 0.329 e. The van der Waals surface area contributed by atoms with E-state index in [9.17, 15) is 4.79 Å². The van der Waals surface area contributed by atoms with Gasteiger partial charge >= 0.3 is 0 Å². The fourth-order valence-electron chi connectivity index (χ4n) is 2.88. The first-order valence-corrected chi connectivity index (χ1v) is 7.80. The molecule has 1 unspecified atom stereocenters. The van der Waals surface area contributed by atoms with Crippen molar-refractivity contribution in [3.63, 3.8) is 0 Å². The van der Waals surface area contributed by atoms with Crippen LogP contribution in [0.2, 0.25) is 0 Å². The smallest absolute Gasteiger partial charge is 0.254 e. The molecule has 0 radical (unpaired) electrons. The van der Waals surface area contributed by atoms with Crippen LogP contribution in [0.4, 0.5) is 0 Å². The van der Waals surface area contributed by atoms with Crippen molar-refractivity contribution in [2.24, 2.45) is 0 Å². The van der Waals surface area contributed by atoms with Gasteiger partial charge in [0.25, 0.3) is 5.91 Å². The van der Waals surface area contributed by atoms with Crippen LogP contribution in [0.25, 0.3) is 0 Å². The Morgan fingerprint density at radius 3 is 2.64 bits per heavy atom. The molecule has 0 saturated carbocycles. The fraction of sp³-hybridized carbons (Fsp3) is 0.333. The number of benzene rings is 1. The SMILES string of the molecule is CCc1ccc(C2CNCCN2C(=O)c2ccncc2)cc1. The highest BCUT2D eigenvalue weighted by Gasteiger charge is 2.28. The summed E-state index contributed by atoms with van der Waals surface area (Å²) in [5.74, 6) is 0.0773. The number of aromatic nitrogens is 1. The van der Waals surface area contributed by atoms with Gasteiger partial charge in [-0.1, -0.05) is 31.2 Å². The second-order valence-corrected chi connectivity index (χ2v) is 5.55. The second-order valence-electron chi connectivity index (χ2n) is 5.55. The van der Waals surface area contributed by atoms with E-state index in [0.29, 0.717) is 5.56 Å². The third-order valence-electron chi connectivity index (χ3n) is 4.20. The van der Waals surface area contributed by atoms with Crippen molar-refractivity contribution in [1.82, 2.24) is 15.2 Å². The quantitative estimate of drug-likeness (QED) is 0.946. The van der Waals surface area contributed by atoms with Gasteiger partial charge in [0, 0.05) is 37.6 Å². The van der Waals surface area contributed by atoms with Gasteiger partial charge in [-0.15, -0.1) is 0 Å². The normalized spacial score (nSPS) is 18.2. The number of carbonyl (C=O) groups excluding carboxylic acids is 1. The predicted octanol–water partition coefficient (Wildman–Crippen LogP) is 2.43. The van der Waals surface area contributed by atoms with E-state index in [1.807, 2.05) is 4.90 Å². The third kappa shape index (κ3) is 3.02. The first-order chi connectivity index (χ1) is 10.8. The summed E-state index contributed by atoms with van der Waals surface area (Å²) < 4.78 is 0. The lowest BCUT2D eigenvalue weighted by atomic mass is 10.00. The molecule has 1 saturated heterocycles. The number of rotatable bonds is 3. The minimum Gasteiger partial charge on any atom is -0.329 e. The summed E-state index contributed by atoms with van der Waals surface area (Å²) in [6, 6.07) is 12.2. The molecule has 4 nitrogen and oxygen atoms in total. The number of nitrogens with zero attached hydrogens (tertiary/aromatic N) is 2. The van der Waals surface area contributed by atoms with E-state index in [1.54, 1.807) is 24.5 Å². The van der Waals surface area contributed by atoms with E-state index in [2.05, 4.69) is 41.5 Å². The molecule has 4 heteroatoms. The molecule has 0 aliphatic carbocycles. The Morgan fingerprint density at radius 2 is 1.95 bits per heavy atom. The van der Waals surface area contributed by atoms with Crippen LogP contribution in [0.1, 0.15) is 34.5 Å². The van der Waals surface area contributed by atoms with Crippen molar-refractivity contribution in [1.29, 1.82) is 0 Å². The number of piperazine rings is 1. The van der Waals surface area contributed by atoms with E-state index in [4.69, 9.17) is 0 Å². The highest BCUT2D eigenvalue weighted by atomic mass is 16.2. The van der Waals surface area contributed by atoms with Crippen LogP contribution in [0.5, 0.6) is 0 Å². The van der Waals surface area contributed by atoms with E-state index in [0.717, 1.165) is 26.1 Å². The first-order valence-electron chi connectivity index (χ1n) is 7.80. The number of hydrogen-bond acceptors (Lipinski definition) is 3. The van der Waals surface area contributed by atoms with Gasteiger partial charge in [-0.25, -0.2) is 0 Å². The molecule has 1 atom stereocenters. The standard InChI is InChI=1S/C18H21N3O/c1-2-14-3-5-15(6-4-14)17-13-20-11-12-21(17)18(22)16-7-9-19-10-8-16/h3-10,17,20H,2,11-13H2,1H3. The van der Waals surface area contributed by atoms with Crippen LogP contribution >= 0.6 is 0 Å². The van der Waals surface area contributed by atoms with Crippen LogP contribution in [0.15, 0.2) is 48.8 Å². The molecular weight excluding hydrogens is 274 g/mol. The Hall–Kier alpha value is -2.20. The summed E-state index contributed by atoms with van der Waals surface area (Å²) in [7, 11) is 0. The monoisotopic (exact) mass is 295 g/mol. The molecule has 1 aromatic carbocycles. The molecule has 1 N–H and O–H groups in total. The van der Waals surface area contributed by atoms with E-state index >= 15 is 0 Å². The highest BCUT2D eigenvalue weighted by Crippen LogP contribution is 2.24. The van der Waals surface area contributed by atoms with Crippen LogP contribution in [-0.2, 0) is 6.42 Å². The minimum absolute atomic E-state index is 0.0773. The summed E-state index contributed by atoms with van der Waals surface area (Å²) >= 11 is 0. The minimum atomic E-state index is 0.0773. The molecular formula is C18H21N3O. The van der Waals surface area contributed by atoms with Crippen LogP contribution in [0.3, 0.4) is 0 Å². The summed E-state index contributed by atoms with van der Waals surface area (Å²) in [6.45, 7) is 4.50. The van der Waals surface area contributed by atoms with E-state index in [-0.39, 0.29) is 11.9 Å². The summed E-state index contributed by atoms with van der Waals surface area (Å²) in [4.78, 5) is 18.7. The number of pyridine rings is 1. The zero-order valence-corrected chi connectivity index (χ0v) is 12.8. The van der Waals surface area contributed by atoms with Crippen molar-refractivity contribution in [3.8, 4) is 0 Å². The Balaban J connectivity index is 1.86. The molecule has 3 rings (SSSR count).